The Kier molecular flexibility index (Phi) is 7.08. The van der Waals surface area contributed by atoms with Gasteiger partial charge in [0.05, 0.1) is 11.1 Å². The molecule has 0 fully saturated rings. The van der Waals surface area contributed by atoms with Crippen LogP contribution in [0.4, 0.5) is 26.3 Å². The van der Waals surface area contributed by atoms with Gasteiger partial charge in [-0.1, -0.05) is 27.5 Å². The normalized spacial score (nSPS) is 13.1. The van der Waals surface area contributed by atoms with Crippen molar-refractivity contribution in [2.45, 2.75) is 24.8 Å². The second-order valence-electron chi connectivity index (χ2n) is 6.16. The zero-order valence-electron chi connectivity index (χ0n) is 14.7. The zero-order valence-corrected chi connectivity index (χ0v) is 17.0. The van der Waals surface area contributed by atoms with E-state index in [4.69, 9.17) is 17.3 Å². The number of hydrogen-bond acceptors (Lipinski definition) is 2. The molecule has 0 aliphatic rings. The molecule has 4 nitrogen and oxygen atoms in total. The fraction of sp³-hybridized carbons (Fsp3) is 0.222. The van der Waals surface area contributed by atoms with Crippen LogP contribution >= 0.6 is 27.5 Å². The van der Waals surface area contributed by atoms with E-state index in [0.29, 0.717) is 15.1 Å². The predicted octanol–water partition coefficient (Wildman–Crippen LogP) is 4.97. The van der Waals surface area contributed by atoms with Crippen molar-refractivity contribution in [2.75, 3.05) is 0 Å². The highest BCUT2D eigenvalue weighted by Crippen LogP contribution is 2.36. The molecule has 3 N–H and O–H groups in total. The van der Waals surface area contributed by atoms with Crippen LogP contribution in [0.1, 0.15) is 27.0 Å². The number of halogens is 8. The molecular formula is C18H12BrClF6N2O2. The summed E-state index contributed by atoms with van der Waals surface area (Å²) in [6, 6.07) is 3.55. The van der Waals surface area contributed by atoms with Crippen molar-refractivity contribution in [2.24, 2.45) is 5.73 Å². The molecule has 2 amide bonds. The van der Waals surface area contributed by atoms with Gasteiger partial charge < -0.3 is 11.1 Å². The van der Waals surface area contributed by atoms with Gasteiger partial charge in [0, 0.05) is 21.5 Å². The highest BCUT2D eigenvalue weighted by Gasteiger charge is 2.37. The third kappa shape index (κ3) is 6.11. The van der Waals surface area contributed by atoms with E-state index in [9.17, 15) is 35.9 Å². The van der Waals surface area contributed by atoms with Crippen molar-refractivity contribution in [1.82, 2.24) is 5.32 Å². The Morgan fingerprint density at radius 2 is 1.53 bits per heavy atom. The monoisotopic (exact) mass is 516 g/mol. The Bertz CT molecular complexity index is 946. The van der Waals surface area contributed by atoms with E-state index in [1.165, 1.54) is 12.1 Å². The number of carbonyl (C=O) groups excluding carboxylic acids is 2. The van der Waals surface area contributed by atoms with Crippen LogP contribution in [0.25, 0.3) is 0 Å². The molecule has 2 aromatic carbocycles. The van der Waals surface area contributed by atoms with Gasteiger partial charge in [-0.2, -0.15) is 26.3 Å². The van der Waals surface area contributed by atoms with Crippen LogP contribution in [0.3, 0.4) is 0 Å². The maximum Gasteiger partial charge on any atom is 0.416 e. The lowest BCUT2D eigenvalue weighted by molar-refractivity contribution is -0.143. The van der Waals surface area contributed by atoms with Gasteiger partial charge in [0.1, 0.15) is 6.04 Å². The van der Waals surface area contributed by atoms with E-state index in [1.807, 2.05) is 0 Å². The smallest absolute Gasteiger partial charge is 0.368 e. The third-order valence-corrected chi connectivity index (χ3v) is 4.94. The summed E-state index contributed by atoms with van der Waals surface area (Å²) in [6.45, 7) is 0. The fourth-order valence-corrected chi connectivity index (χ4v) is 3.07. The number of amides is 2. The summed E-state index contributed by atoms with van der Waals surface area (Å²) in [6.07, 6.45) is -10.4. The van der Waals surface area contributed by atoms with E-state index in [1.54, 1.807) is 6.07 Å². The number of rotatable bonds is 5. The van der Waals surface area contributed by atoms with Gasteiger partial charge in [-0.25, -0.2) is 0 Å². The molecule has 0 aliphatic heterocycles. The number of carbonyl (C=O) groups is 2. The molecule has 1 atom stereocenters. The molecule has 2 rings (SSSR count). The van der Waals surface area contributed by atoms with E-state index in [2.05, 4.69) is 21.2 Å². The summed E-state index contributed by atoms with van der Waals surface area (Å²) in [5.74, 6) is -2.37. The van der Waals surface area contributed by atoms with Crippen LogP contribution in [0.5, 0.6) is 0 Å². The van der Waals surface area contributed by atoms with Crippen molar-refractivity contribution >= 4 is 39.3 Å². The van der Waals surface area contributed by atoms with Gasteiger partial charge in [-0.3, -0.25) is 9.59 Å². The third-order valence-electron chi connectivity index (χ3n) is 3.93. The first-order valence-electron chi connectivity index (χ1n) is 8.02. The lowest BCUT2D eigenvalue weighted by Gasteiger charge is -2.18. The maximum absolute atomic E-state index is 13.0. The Balaban J connectivity index is 2.38. The molecule has 2 aromatic rings. The molecule has 0 spiro atoms. The van der Waals surface area contributed by atoms with E-state index in [0.717, 1.165) is 0 Å². The molecular weight excluding hydrogens is 506 g/mol. The molecule has 0 saturated carbocycles. The molecule has 0 unspecified atom stereocenters. The highest BCUT2D eigenvalue weighted by atomic mass is 79.9. The van der Waals surface area contributed by atoms with E-state index >= 15 is 0 Å². The quantitative estimate of drug-likeness (QED) is 0.550. The zero-order chi connectivity index (χ0) is 22.9. The summed E-state index contributed by atoms with van der Waals surface area (Å²) in [5, 5.41) is 2.37. The van der Waals surface area contributed by atoms with Crippen LogP contribution in [0, 0.1) is 0 Å². The summed E-state index contributed by atoms with van der Waals surface area (Å²) in [7, 11) is 0. The molecule has 0 radical (unpaired) electrons. The molecule has 30 heavy (non-hydrogen) atoms. The average molecular weight is 518 g/mol. The Hall–Kier alpha value is -2.27. The van der Waals surface area contributed by atoms with Crippen molar-refractivity contribution in [1.29, 1.82) is 0 Å². The van der Waals surface area contributed by atoms with Crippen molar-refractivity contribution in [3.05, 3.63) is 68.1 Å². The van der Waals surface area contributed by atoms with Gasteiger partial charge in [0.25, 0.3) is 5.91 Å². The van der Waals surface area contributed by atoms with Gasteiger partial charge in [0.15, 0.2) is 0 Å². The highest BCUT2D eigenvalue weighted by molar-refractivity contribution is 9.10. The number of primary amides is 1. The van der Waals surface area contributed by atoms with Crippen LogP contribution in [0.2, 0.25) is 5.02 Å². The Morgan fingerprint density at radius 3 is 2.00 bits per heavy atom. The second kappa shape index (κ2) is 8.84. The topological polar surface area (TPSA) is 72.2 Å². The largest absolute Gasteiger partial charge is 0.416 e. The fourth-order valence-electron chi connectivity index (χ4n) is 2.47. The molecule has 0 heterocycles. The van der Waals surface area contributed by atoms with Gasteiger partial charge >= 0.3 is 12.4 Å². The number of alkyl halides is 6. The van der Waals surface area contributed by atoms with Gasteiger partial charge in [-0.15, -0.1) is 0 Å². The minimum absolute atomic E-state index is 0.106. The first-order chi connectivity index (χ1) is 13.7. The number of nitrogens with one attached hydrogen (secondary N) is 1. The first-order valence-corrected chi connectivity index (χ1v) is 9.19. The molecule has 0 aliphatic carbocycles. The predicted molar refractivity (Wildman–Crippen MR) is 99.8 cm³/mol. The van der Waals surface area contributed by atoms with Crippen LogP contribution in [-0.4, -0.2) is 17.9 Å². The molecule has 162 valence electrons. The van der Waals surface area contributed by atoms with Crippen molar-refractivity contribution < 1.29 is 35.9 Å². The SMILES string of the molecule is NC(=O)[C@@H](Cc1cc(Cl)ccc1Br)NC(=O)c1cc(C(F)(F)F)cc(C(F)(F)F)c1. The Morgan fingerprint density at radius 1 is 1.00 bits per heavy atom. The summed E-state index contributed by atoms with van der Waals surface area (Å²) in [5.41, 5.74) is 1.44. The molecule has 0 aromatic heterocycles. The van der Waals surface area contributed by atoms with E-state index in [-0.39, 0.29) is 24.6 Å². The van der Waals surface area contributed by atoms with Crippen molar-refractivity contribution in [3.8, 4) is 0 Å². The van der Waals surface area contributed by atoms with Crippen LogP contribution in [0.15, 0.2) is 40.9 Å². The van der Waals surface area contributed by atoms with Crippen LogP contribution in [-0.2, 0) is 23.6 Å². The Labute approximate surface area is 179 Å². The van der Waals surface area contributed by atoms with Crippen LogP contribution < -0.4 is 11.1 Å². The van der Waals surface area contributed by atoms with E-state index < -0.39 is 46.9 Å². The minimum Gasteiger partial charge on any atom is -0.368 e. The van der Waals surface area contributed by atoms with Gasteiger partial charge in [0.2, 0.25) is 5.91 Å². The van der Waals surface area contributed by atoms with Crippen molar-refractivity contribution in [3.63, 3.8) is 0 Å². The number of hydrogen-bond donors (Lipinski definition) is 2. The average Bonchev–Trinajstić information content (AvgIpc) is 2.62. The number of benzene rings is 2. The molecule has 0 saturated heterocycles. The summed E-state index contributed by atoms with van der Waals surface area (Å²) in [4.78, 5) is 24.1. The summed E-state index contributed by atoms with van der Waals surface area (Å²) < 4.78 is 78.3. The van der Waals surface area contributed by atoms with Gasteiger partial charge in [-0.05, 0) is 42.0 Å². The molecule has 0 bridgehead atoms. The first kappa shape index (κ1) is 24.0. The lowest BCUT2D eigenvalue weighted by Crippen LogP contribution is -2.46. The maximum atomic E-state index is 13.0. The minimum atomic E-state index is -5.12. The standard InChI is InChI=1S/C18H12BrClF6N2O2/c19-13-2-1-12(20)5-8(13)6-14(15(27)29)28-16(30)9-3-10(17(21,22)23)7-11(4-9)18(24,25)26/h1-5,7,14H,6H2,(H2,27,29)(H,28,30)/t14-/m1/s1. The second-order valence-corrected chi connectivity index (χ2v) is 7.45. The lowest BCUT2D eigenvalue weighted by atomic mass is 10.0. The molecule has 12 heteroatoms. The number of nitrogens with two attached hydrogens (primary N) is 1. The summed E-state index contributed by atoms with van der Waals surface area (Å²) >= 11 is 9.07.